The molecule has 5 nitrogen and oxygen atoms in total. The monoisotopic (exact) mass is 261 g/mol. The summed E-state index contributed by atoms with van der Waals surface area (Å²) in [6, 6.07) is 8.61. The lowest BCUT2D eigenvalue weighted by molar-refractivity contribution is -0.134. The summed E-state index contributed by atoms with van der Waals surface area (Å²) in [7, 11) is 0. The Morgan fingerprint density at radius 1 is 1.32 bits per heavy atom. The van der Waals surface area contributed by atoms with Gasteiger partial charge in [-0.1, -0.05) is 18.2 Å². The van der Waals surface area contributed by atoms with Crippen LogP contribution in [-0.2, 0) is 9.53 Å². The summed E-state index contributed by atoms with van der Waals surface area (Å²) in [4.78, 5) is 25.2. The molecular weight excluding hydrogens is 246 g/mol. The molecule has 2 heterocycles. The first-order chi connectivity index (χ1) is 9.16. The van der Waals surface area contributed by atoms with Crippen LogP contribution in [0.15, 0.2) is 30.3 Å². The first kappa shape index (κ1) is 12.2. The second kappa shape index (κ2) is 4.66. The molecule has 100 valence electrons. The zero-order valence-corrected chi connectivity index (χ0v) is 10.4. The topological polar surface area (TPSA) is 66.8 Å². The normalized spacial score (nSPS) is 29.4. The Bertz CT molecular complexity index is 501. The number of ether oxygens (including phenoxy) is 1. The smallest absolute Gasteiger partial charge is 0.338 e. The molecule has 2 fully saturated rings. The maximum atomic E-state index is 12.0. The third-order valence-corrected chi connectivity index (χ3v) is 3.78. The largest absolute Gasteiger partial charge is 0.457 e. The third-order valence-electron chi connectivity index (χ3n) is 3.78. The number of rotatable bonds is 2. The van der Waals surface area contributed by atoms with E-state index in [2.05, 4.69) is 0 Å². The Balaban J connectivity index is 1.69. The number of esters is 1. The van der Waals surface area contributed by atoms with Crippen molar-refractivity contribution in [1.29, 1.82) is 0 Å². The summed E-state index contributed by atoms with van der Waals surface area (Å²) in [5.74, 6) is -0.621. The number of aliphatic hydroxyl groups excluding tert-OH is 1. The highest BCUT2D eigenvalue weighted by Gasteiger charge is 2.48. The molecule has 3 rings (SSSR count). The van der Waals surface area contributed by atoms with Crippen molar-refractivity contribution in [3.8, 4) is 0 Å². The van der Waals surface area contributed by atoms with Gasteiger partial charge in [0.05, 0.1) is 11.6 Å². The lowest BCUT2D eigenvalue weighted by atomic mass is 10.1. The molecule has 2 saturated heterocycles. The van der Waals surface area contributed by atoms with E-state index in [1.165, 1.54) is 0 Å². The van der Waals surface area contributed by atoms with Gasteiger partial charge in [0.15, 0.2) is 0 Å². The molecule has 0 radical (unpaired) electrons. The maximum absolute atomic E-state index is 12.0. The minimum Gasteiger partial charge on any atom is -0.457 e. The van der Waals surface area contributed by atoms with Gasteiger partial charge in [-0.25, -0.2) is 4.79 Å². The van der Waals surface area contributed by atoms with Crippen molar-refractivity contribution < 1.29 is 19.4 Å². The van der Waals surface area contributed by atoms with Crippen molar-refractivity contribution in [2.75, 3.05) is 6.54 Å². The quantitative estimate of drug-likeness (QED) is 0.791. The summed E-state index contributed by atoms with van der Waals surface area (Å²) < 4.78 is 5.46. The Labute approximate surface area is 110 Å². The Morgan fingerprint density at radius 2 is 2.05 bits per heavy atom. The fraction of sp³-hybridized carbons (Fsp3) is 0.429. The Hall–Kier alpha value is -1.88. The number of hydrogen-bond acceptors (Lipinski definition) is 4. The van der Waals surface area contributed by atoms with Crippen molar-refractivity contribution in [2.24, 2.45) is 0 Å². The molecule has 0 aromatic heterocycles. The van der Waals surface area contributed by atoms with E-state index < -0.39 is 6.10 Å². The van der Waals surface area contributed by atoms with Gasteiger partial charge in [0.2, 0.25) is 0 Å². The lowest BCUT2D eigenvalue weighted by Crippen LogP contribution is -2.34. The van der Waals surface area contributed by atoms with Crippen molar-refractivity contribution in [2.45, 2.75) is 31.1 Å². The number of fused-ring (bicyclic) bond motifs is 1. The Morgan fingerprint density at radius 3 is 2.79 bits per heavy atom. The molecule has 1 amide bonds. The molecule has 0 bridgehead atoms. The molecule has 2 aliphatic heterocycles. The molecule has 0 saturated carbocycles. The summed E-state index contributed by atoms with van der Waals surface area (Å²) in [6.07, 6.45) is -0.259. The van der Waals surface area contributed by atoms with E-state index in [9.17, 15) is 14.7 Å². The van der Waals surface area contributed by atoms with Gasteiger partial charge in [-0.15, -0.1) is 0 Å². The van der Waals surface area contributed by atoms with Gasteiger partial charge in [0.25, 0.3) is 5.91 Å². The van der Waals surface area contributed by atoms with Gasteiger partial charge in [0.1, 0.15) is 12.2 Å². The van der Waals surface area contributed by atoms with Crippen LogP contribution in [0.1, 0.15) is 23.2 Å². The van der Waals surface area contributed by atoms with E-state index >= 15 is 0 Å². The highest BCUT2D eigenvalue weighted by Crippen LogP contribution is 2.31. The van der Waals surface area contributed by atoms with Crippen LogP contribution < -0.4 is 0 Å². The number of carbonyl (C=O) groups is 2. The minimum absolute atomic E-state index is 0.171. The summed E-state index contributed by atoms with van der Waals surface area (Å²) in [6.45, 7) is 0.549. The summed E-state index contributed by atoms with van der Waals surface area (Å²) in [5, 5.41) is 9.54. The molecule has 1 aromatic carbocycles. The van der Waals surface area contributed by atoms with Gasteiger partial charge in [0, 0.05) is 19.4 Å². The molecule has 19 heavy (non-hydrogen) atoms. The fourth-order valence-electron chi connectivity index (χ4n) is 2.82. The molecule has 2 aliphatic rings. The molecule has 1 N–H and O–H groups in total. The van der Waals surface area contributed by atoms with Crippen LogP contribution in [0.4, 0.5) is 0 Å². The molecule has 0 unspecified atom stereocenters. The highest BCUT2D eigenvalue weighted by atomic mass is 16.5. The highest BCUT2D eigenvalue weighted by molar-refractivity contribution is 5.89. The number of hydrogen-bond donors (Lipinski definition) is 1. The van der Waals surface area contributed by atoms with Crippen LogP contribution in [0.3, 0.4) is 0 Å². The number of benzene rings is 1. The van der Waals surface area contributed by atoms with Gasteiger partial charge >= 0.3 is 5.97 Å². The first-order valence-corrected chi connectivity index (χ1v) is 6.41. The predicted molar refractivity (Wildman–Crippen MR) is 66.4 cm³/mol. The van der Waals surface area contributed by atoms with Crippen LogP contribution in [0, 0.1) is 0 Å². The number of amides is 1. The van der Waals surface area contributed by atoms with Gasteiger partial charge < -0.3 is 14.7 Å². The molecule has 3 atom stereocenters. The summed E-state index contributed by atoms with van der Waals surface area (Å²) in [5.41, 5.74) is 0.505. The molecular formula is C14H15NO4. The van der Waals surface area contributed by atoms with E-state index in [-0.39, 0.29) is 24.0 Å². The first-order valence-electron chi connectivity index (χ1n) is 6.41. The second-order valence-corrected chi connectivity index (χ2v) is 4.95. The van der Waals surface area contributed by atoms with Crippen molar-refractivity contribution >= 4 is 11.9 Å². The minimum atomic E-state index is -0.941. The van der Waals surface area contributed by atoms with E-state index in [0.717, 1.165) is 0 Å². The average molecular weight is 261 g/mol. The molecule has 1 aromatic rings. The van der Waals surface area contributed by atoms with Crippen molar-refractivity contribution in [1.82, 2.24) is 4.90 Å². The number of carbonyl (C=O) groups excluding carboxylic acids is 2. The van der Waals surface area contributed by atoms with Crippen LogP contribution in [0.5, 0.6) is 0 Å². The zero-order valence-electron chi connectivity index (χ0n) is 10.4. The molecule has 0 aliphatic carbocycles. The zero-order chi connectivity index (χ0) is 13.4. The SMILES string of the molecule is O=C(O[C@@H]1CCN2C(=O)[C@H](O)C[C@@H]12)c1ccccc1. The third kappa shape index (κ3) is 2.10. The van der Waals surface area contributed by atoms with Crippen LogP contribution in [-0.4, -0.2) is 46.7 Å². The number of nitrogens with zero attached hydrogens (tertiary/aromatic N) is 1. The fourth-order valence-corrected chi connectivity index (χ4v) is 2.82. The standard InChI is InChI=1S/C14H15NO4/c16-11-8-10-12(6-7-15(10)13(11)17)19-14(18)9-4-2-1-3-5-9/h1-5,10-12,16H,6-8H2/t10-,11+,12+/m0/s1. The number of aliphatic hydroxyl groups is 1. The van der Waals surface area contributed by atoms with Gasteiger partial charge in [-0.2, -0.15) is 0 Å². The second-order valence-electron chi connectivity index (χ2n) is 4.95. The van der Waals surface area contributed by atoms with Crippen LogP contribution in [0.2, 0.25) is 0 Å². The molecule has 5 heteroatoms. The van der Waals surface area contributed by atoms with E-state index in [4.69, 9.17) is 4.74 Å². The van der Waals surface area contributed by atoms with Gasteiger partial charge in [-0.3, -0.25) is 4.79 Å². The van der Waals surface area contributed by atoms with E-state index in [0.29, 0.717) is 24.9 Å². The Kier molecular flexibility index (Phi) is 2.98. The van der Waals surface area contributed by atoms with Crippen molar-refractivity contribution in [3.63, 3.8) is 0 Å². The van der Waals surface area contributed by atoms with E-state index in [1.54, 1.807) is 29.2 Å². The van der Waals surface area contributed by atoms with E-state index in [1.807, 2.05) is 6.07 Å². The van der Waals surface area contributed by atoms with Gasteiger partial charge in [-0.05, 0) is 12.1 Å². The summed E-state index contributed by atoms with van der Waals surface area (Å²) >= 11 is 0. The van der Waals surface area contributed by atoms with Crippen LogP contribution in [0.25, 0.3) is 0 Å². The van der Waals surface area contributed by atoms with Crippen molar-refractivity contribution in [3.05, 3.63) is 35.9 Å². The maximum Gasteiger partial charge on any atom is 0.338 e. The van der Waals surface area contributed by atoms with Crippen LogP contribution >= 0.6 is 0 Å². The lowest BCUT2D eigenvalue weighted by Gasteiger charge is -2.20. The molecule has 0 spiro atoms. The average Bonchev–Trinajstić information content (AvgIpc) is 2.93. The predicted octanol–water partition coefficient (Wildman–Crippen LogP) is 0.577.